The van der Waals surface area contributed by atoms with Crippen molar-refractivity contribution in [1.29, 1.82) is 0 Å². The average molecular weight is 274 g/mol. The van der Waals surface area contributed by atoms with E-state index in [-0.39, 0.29) is 23.2 Å². The minimum Gasteiger partial charge on any atom is -0.444 e. The Labute approximate surface area is 113 Å². The number of allylic oxidation sites excluding steroid dienone is 1. The highest BCUT2D eigenvalue weighted by Crippen LogP contribution is 2.34. The fourth-order valence-electron chi connectivity index (χ4n) is 1.62. The van der Waals surface area contributed by atoms with Crippen LogP contribution in [0.4, 0.5) is 4.79 Å². The van der Waals surface area contributed by atoms with Crippen LogP contribution in [-0.2, 0) is 9.53 Å². The third-order valence-electron chi connectivity index (χ3n) is 2.48. The largest absolute Gasteiger partial charge is 0.444 e. The molecule has 5 heteroatoms. The number of hydrogen-bond acceptors (Lipinski definition) is 3. The average Bonchev–Trinajstić information content (AvgIpc) is 2.92. The lowest BCUT2D eigenvalue weighted by Gasteiger charge is -2.23. The predicted molar refractivity (Wildman–Crippen MR) is 70.5 cm³/mol. The third kappa shape index (κ3) is 5.54. The fraction of sp³-hybridized carbons (Fsp3) is 0.692. The van der Waals surface area contributed by atoms with Gasteiger partial charge >= 0.3 is 6.09 Å². The van der Waals surface area contributed by atoms with Crippen LogP contribution < -0.4 is 5.32 Å². The molecule has 18 heavy (non-hydrogen) atoms. The van der Waals surface area contributed by atoms with E-state index in [1.54, 1.807) is 20.8 Å². The van der Waals surface area contributed by atoms with Gasteiger partial charge in [-0.15, -0.1) is 0 Å². The summed E-state index contributed by atoms with van der Waals surface area (Å²) in [6, 6.07) is -0.504. The standard InChI is InChI=1S/C13H20ClNO3/c1-8(14)7-10(16)11(9-5-6-9)15-12(17)18-13(2,3)4/h9,11H,1,5-7H2,2-4H3,(H,15,17). The summed E-state index contributed by atoms with van der Waals surface area (Å²) < 4.78 is 5.14. The molecule has 1 atom stereocenters. The second-order valence-electron chi connectivity index (χ2n) is 5.62. The summed E-state index contributed by atoms with van der Waals surface area (Å²) in [6.45, 7) is 8.83. The van der Waals surface area contributed by atoms with E-state index in [4.69, 9.17) is 16.3 Å². The molecule has 1 aliphatic rings. The quantitative estimate of drug-likeness (QED) is 0.838. The molecule has 0 bridgehead atoms. The SMILES string of the molecule is C=C(Cl)CC(=O)C(NC(=O)OC(C)(C)C)C1CC1. The maximum absolute atomic E-state index is 11.9. The van der Waals surface area contributed by atoms with Crippen molar-refractivity contribution in [3.05, 3.63) is 11.6 Å². The van der Waals surface area contributed by atoms with Crippen molar-refractivity contribution in [2.24, 2.45) is 5.92 Å². The van der Waals surface area contributed by atoms with Crippen molar-refractivity contribution in [3.63, 3.8) is 0 Å². The number of nitrogens with one attached hydrogen (secondary N) is 1. The number of hydrogen-bond donors (Lipinski definition) is 1. The highest BCUT2D eigenvalue weighted by Gasteiger charge is 2.37. The zero-order valence-corrected chi connectivity index (χ0v) is 11.8. The number of ether oxygens (including phenoxy) is 1. The molecule has 1 unspecified atom stereocenters. The van der Waals surface area contributed by atoms with Crippen molar-refractivity contribution < 1.29 is 14.3 Å². The molecule has 0 spiro atoms. The molecule has 0 radical (unpaired) electrons. The van der Waals surface area contributed by atoms with E-state index < -0.39 is 17.7 Å². The number of carbonyl (C=O) groups excluding carboxylic acids is 2. The lowest BCUT2D eigenvalue weighted by Crippen LogP contribution is -2.44. The fourth-order valence-corrected chi connectivity index (χ4v) is 1.76. The van der Waals surface area contributed by atoms with Gasteiger partial charge in [0.05, 0.1) is 6.04 Å². The number of ketones is 1. The number of carbonyl (C=O) groups is 2. The molecule has 0 aromatic rings. The molecule has 102 valence electrons. The molecule has 0 aromatic carbocycles. The van der Waals surface area contributed by atoms with Crippen LogP contribution in [0.5, 0.6) is 0 Å². The van der Waals surface area contributed by atoms with E-state index in [1.807, 2.05) is 0 Å². The highest BCUT2D eigenvalue weighted by atomic mass is 35.5. The van der Waals surface area contributed by atoms with E-state index >= 15 is 0 Å². The Hall–Kier alpha value is -1.03. The van der Waals surface area contributed by atoms with Crippen molar-refractivity contribution >= 4 is 23.5 Å². The topological polar surface area (TPSA) is 55.4 Å². The summed E-state index contributed by atoms with van der Waals surface area (Å²) in [7, 11) is 0. The Kier molecular flexibility index (Phi) is 4.79. The van der Waals surface area contributed by atoms with Crippen LogP contribution in [0.25, 0.3) is 0 Å². The van der Waals surface area contributed by atoms with Gasteiger partial charge < -0.3 is 10.1 Å². The van der Waals surface area contributed by atoms with E-state index in [0.29, 0.717) is 0 Å². The molecule has 1 fully saturated rings. The Morgan fingerprint density at radius 3 is 2.39 bits per heavy atom. The van der Waals surface area contributed by atoms with Crippen LogP contribution in [-0.4, -0.2) is 23.5 Å². The first-order chi connectivity index (χ1) is 8.19. The number of halogens is 1. The van der Waals surface area contributed by atoms with Crippen LogP contribution in [0.2, 0.25) is 0 Å². The number of Topliss-reactive ketones (excluding diaryl/α,β-unsaturated/α-hetero) is 1. The van der Waals surface area contributed by atoms with Gasteiger partial charge in [-0.05, 0) is 39.5 Å². The van der Waals surface area contributed by atoms with Gasteiger partial charge in [-0.3, -0.25) is 4.79 Å². The molecule has 4 nitrogen and oxygen atoms in total. The van der Waals surface area contributed by atoms with E-state index in [2.05, 4.69) is 11.9 Å². The molecule has 0 aliphatic heterocycles. The molecular weight excluding hydrogens is 254 g/mol. The monoisotopic (exact) mass is 273 g/mol. The number of rotatable bonds is 5. The maximum atomic E-state index is 11.9. The highest BCUT2D eigenvalue weighted by molar-refractivity contribution is 6.30. The maximum Gasteiger partial charge on any atom is 0.408 e. The molecule has 1 N–H and O–H groups in total. The first kappa shape index (κ1) is 15.0. The van der Waals surface area contributed by atoms with Crippen molar-refractivity contribution in [2.75, 3.05) is 0 Å². The van der Waals surface area contributed by atoms with Gasteiger partial charge in [0.1, 0.15) is 5.60 Å². The molecular formula is C13H20ClNO3. The second-order valence-corrected chi connectivity index (χ2v) is 6.16. The van der Waals surface area contributed by atoms with Gasteiger partial charge in [0, 0.05) is 11.5 Å². The third-order valence-corrected chi connectivity index (χ3v) is 2.61. The zero-order chi connectivity index (χ0) is 13.9. The van der Waals surface area contributed by atoms with Gasteiger partial charge in [-0.25, -0.2) is 4.79 Å². The van der Waals surface area contributed by atoms with E-state index in [0.717, 1.165) is 12.8 Å². The summed E-state index contributed by atoms with van der Waals surface area (Å²) in [4.78, 5) is 23.6. The minimum atomic E-state index is -0.572. The van der Waals surface area contributed by atoms with E-state index in [1.165, 1.54) is 0 Å². The number of amides is 1. The Morgan fingerprint density at radius 2 is 2.00 bits per heavy atom. The van der Waals surface area contributed by atoms with Gasteiger partial charge in [0.15, 0.2) is 5.78 Å². The van der Waals surface area contributed by atoms with E-state index in [9.17, 15) is 9.59 Å². The summed E-state index contributed by atoms with van der Waals surface area (Å²) >= 11 is 5.63. The first-order valence-corrected chi connectivity index (χ1v) is 6.42. The van der Waals surface area contributed by atoms with Gasteiger partial charge in [-0.1, -0.05) is 18.2 Å². The molecule has 0 aromatic heterocycles. The summed E-state index contributed by atoms with van der Waals surface area (Å²) in [5.74, 6) is 0.101. The van der Waals surface area contributed by atoms with Crippen LogP contribution in [0, 0.1) is 5.92 Å². The number of alkyl carbamates (subject to hydrolysis) is 1. The van der Waals surface area contributed by atoms with Crippen LogP contribution in [0.3, 0.4) is 0 Å². The second kappa shape index (κ2) is 5.74. The van der Waals surface area contributed by atoms with Crippen LogP contribution >= 0.6 is 11.6 Å². The van der Waals surface area contributed by atoms with Crippen LogP contribution in [0.1, 0.15) is 40.0 Å². The van der Waals surface area contributed by atoms with Gasteiger partial charge in [-0.2, -0.15) is 0 Å². The van der Waals surface area contributed by atoms with Crippen molar-refractivity contribution in [3.8, 4) is 0 Å². The minimum absolute atomic E-state index is 0.0819. The molecule has 0 heterocycles. The Morgan fingerprint density at radius 1 is 1.44 bits per heavy atom. The molecule has 1 aliphatic carbocycles. The predicted octanol–water partition coefficient (Wildman–Crippen LogP) is 3.00. The molecule has 1 saturated carbocycles. The molecule has 0 saturated heterocycles. The Balaban J connectivity index is 2.55. The normalized spacial score (nSPS) is 16.9. The lowest BCUT2D eigenvalue weighted by atomic mass is 10.1. The van der Waals surface area contributed by atoms with Gasteiger partial charge in [0.2, 0.25) is 0 Å². The van der Waals surface area contributed by atoms with Crippen molar-refractivity contribution in [1.82, 2.24) is 5.32 Å². The summed E-state index contributed by atoms with van der Waals surface area (Å²) in [5.41, 5.74) is -0.572. The van der Waals surface area contributed by atoms with Crippen molar-refractivity contribution in [2.45, 2.75) is 51.7 Å². The van der Waals surface area contributed by atoms with Gasteiger partial charge in [0.25, 0.3) is 0 Å². The summed E-state index contributed by atoms with van der Waals surface area (Å²) in [5, 5.41) is 2.92. The van der Waals surface area contributed by atoms with Crippen LogP contribution in [0.15, 0.2) is 11.6 Å². The smallest absolute Gasteiger partial charge is 0.408 e. The first-order valence-electron chi connectivity index (χ1n) is 6.04. The zero-order valence-electron chi connectivity index (χ0n) is 11.1. The lowest BCUT2D eigenvalue weighted by molar-refractivity contribution is -0.120. The molecule has 1 rings (SSSR count). The Bertz CT molecular complexity index is 356. The molecule has 1 amide bonds. The summed E-state index contributed by atoms with van der Waals surface area (Å²) in [6.07, 6.45) is 1.41.